The van der Waals surface area contributed by atoms with Crippen LogP contribution in [0.15, 0.2) is 76.4 Å². The molecule has 30 heavy (non-hydrogen) atoms. The smallest absolute Gasteiger partial charge is 0.251 e. The van der Waals surface area contributed by atoms with Crippen molar-refractivity contribution in [1.82, 2.24) is 15.1 Å². The van der Waals surface area contributed by atoms with E-state index >= 15 is 0 Å². The summed E-state index contributed by atoms with van der Waals surface area (Å²) in [4.78, 5) is 13.6. The Labute approximate surface area is 192 Å². The molecule has 1 amide bonds. The van der Waals surface area contributed by atoms with Crippen molar-refractivity contribution >= 4 is 52.6 Å². The standard InChI is InChI=1S/C22H19N3OS4/c26-20(23-13-12-19-7-4-14-28-19)17-8-10-18(11-9-17)25-22(27)30-21(24-25)29-15-16-5-2-1-3-6-16/h1-11,14H,12-13,15H2,(H,23,26). The van der Waals surface area contributed by atoms with Gasteiger partial charge in [-0.15, -0.1) is 16.4 Å². The maximum atomic E-state index is 12.4. The van der Waals surface area contributed by atoms with Crippen LogP contribution in [0.3, 0.4) is 0 Å². The zero-order valence-electron chi connectivity index (χ0n) is 16.0. The van der Waals surface area contributed by atoms with E-state index in [1.165, 1.54) is 21.8 Å². The summed E-state index contributed by atoms with van der Waals surface area (Å²) in [7, 11) is 0. The van der Waals surface area contributed by atoms with E-state index in [1.807, 2.05) is 53.9 Å². The molecule has 152 valence electrons. The van der Waals surface area contributed by atoms with Crippen molar-refractivity contribution in [3.8, 4) is 5.69 Å². The lowest BCUT2D eigenvalue weighted by atomic mass is 10.2. The number of carbonyl (C=O) groups is 1. The molecule has 4 aromatic rings. The number of amides is 1. The number of thiophene rings is 1. The number of nitrogens with zero attached hydrogens (tertiary/aromatic N) is 2. The molecule has 0 unspecified atom stereocenters. The highest BCUT2D eigenvalue weighted by molar-refractivity contribution is 8.00. The molecule has 0 aliphatic carbocycles. The van der Waals surface area contributed by atoms with E-state index in [1.54, 1.807) is 27.8 Å². The summed E-state index contributed by atoms with van der Waals surface area (Å²) in [5.41, 5.74) is 2.74. The van der Waals surface area contributed by atoms with Gasteiger partial charge in [-0.05, 0) is 59.9 Å². The molecule has 0 spiro atoms. The summed E-state index contributed by atoms with van der Waals surface area (Å²) < 4.78 is 3.38. The first-order valence-corrected chi connectivity index (χ1v) is 12.5. The molecule has 0 aliphatic heterocycles. The van der Waals surface area contributed by atoms with Crippen molar-refractivity contribution in [1.29, 1.82) is 0 Å². The summed E-state index contributed by atoms with van der Waals surface area (Å²) in [5.74, 6) is 0.785. The Balaban J connectivity index is 1.37. The fraction of sp³-hybridized carbons (Fsp3) is 0.136. The van der Waals surface area contributed by atoms with Crippen molar-refractivity contribution in [3.63, 3.8) is 0 Å². The largest absolute Gasteiger partial charge is 0.352 e. The minimum atomic E-state index is -0.0703. The van der Waals surface area contributed by atoms with E-state index in [0.29, 0.717) is 16.1 Å². The highest BCUT2D eigenvalue weighted by Crippen LogP contribution is 2.27. The monoisotopic (exact) mass is 469 g/mol. The summed E-state index contributed by atoms with van der Waals surface area (Å²) in [6.07, 6.45) is 0.846. The van der Waals surface area contributed by atoms with Gasteiger partial charge < -0.3 is 5.32 Å². The quantitative estimate of drug-likeness (QED) is 0.254. The second-order valence-corrected chi connectivity index (χ2v) is 10.3. The van der Waals surface area contributed by atoms with Crippen LogP contribution in [0.1, 0.15) is 20.8 Å². The minimum absolute atomic E-state index is 0.0703. The zero-order valence-corrected chi connectivity index (χ0v) is 19.3. The molecule has 4 nitrogen and oxygen atoms in total. The third-order valence-electron chi connectivity index (χ3n) is 4.35. The van der Waals surface area contributed by atoms with Crippen molar-refractivity contribution in [2.45, 2.75) is 16.5 Å². The van der Waals surface area contributed by atoms with Crippen LogP contribution in [0.2, 0.25) is 0 Å². The number of hydrogen-bond donors (Lipinski definition) is 1. The molecular weight excluding hydrogens is 451 g/mol. The lowest BCUT2D eigenvalue weighted by Crippen LogP contribution is -2.25. The van der Waals surface area contributed by atoms with Crippen LogP contribution in [0.5, 0.6) is 0 Å². The van der Waals surface area contributed by atoms with Gasteiger partial charge in [0.1, 0.15) is 0 Å². The first-order valence-electron chi connectivity index (χ1n) is 9.37. The maximum Gasteiger partial charge on any atom is 0.251 e. The van der Waals surface area contributed by atoms with Gasteiger partial charge >= 0.3 is 0 Å². The predicted molar refractivity (Wildman–Crippen MR) is 129 cm³/mol. The number of aromatic nitrogens is 2. The lowest BCUT2D eigenvalue weighted by Gasteiger charge is -2.06. The third-order valence-corrected chi connectivity index (χ3v) is 7.72. The van der Waals surface area contributed by atoms with E-state index in [4.69, 9.17) is 12.2 Å². The fourth-order valence-corrected chi connectivity index (χ4v) is 5.84. The molecule has 0 saturated carbocycles. The Morgan fingerprint density at radius 3 is 2.60 bits per heavy atom. The normalized spacial score (nSPS) is 10.8. The van der Waals surface area contributed by atoms with Gasteiger partial charge in [0, 0.05) is 22.7 Å². The molecule has 0 aliphatic rings. The van der Waals surface area contributed by atoms with E-state index < -0.39 is 0 Å². The molecule has 0 bridgehead atoms. The van der Waals surface area contributed by atoms with Gasteiger partial charge in [-0.2, -0.15) is 0 Å². The van der Waals surface area contributed by atoms with Gasteiger partial charge in [-0.1, -0.05) is 59.5 Å². The first kappa shape index (κ1) is 21.0. The molecular formula is C22H19N3OS4. The molecule has 0 atom stereocenters. The Kier molecular flexibility index (Phi) is 7.11. The van der Waals surface area contributed by atoms with Gasteiger partial charge in [-0.3, -0.25) is 4.79 Å². The Morgan fingerprint density at radius 1 is 1.07 bits per heavy atom. The molecule has 2 aromatic heterocycles. The number of hydrogen-bond acceptors (Lipinski definition) is 6. The van der Waals surface area contributed by atoms with Crippen LogP contribution >= 0.6 is 46.7 Å². The molecule has 4 rings (SSSR count). The number of carbonyl (C=O) groups excluding carboxylic acids is 1. The van der Waals surface area contributed by atoms with Crippen LogP contribution in [-0.4, -0.2) is 22.2 Å². The molecule has 8 heteroatoms. The third kappa shape index (κ3) is 5.46. The Bertz CT molecular complexity index is 1150. The predicted octanol–water partition coefficient (Wildman–Crippen LogP) is 5.99. The fourth-order valence-electron chi connectivity index (χ4n) is 2.81. The van der Waals surface area contributed by atoms with Gasteiger partial charge in [0.25, 0.3) is 5.91 Å². The van der Waals surface area contributed by atoms with Gasteiger partial charge in [0.05, 0.1) is 5.69 Å². The molecule has 2 aromatic carbocycles. The van der Waals surface area contributed by atoms with Crippen LogP contribution < -0.4 is 5.32 Å². The number of rotatable bonds is 8. The molecule has 1 N–H and O–H groups in total. The Morgan fingerprint density at radius 2 is 1.87 bits per heavy atom. The average Bonchev–Trinajstić information content (AvgIpc) is 3.43. The number of benzene rings is 2. The molecule has 0 radical (unpaired) electrons. The summed E-state index contributed by atoms with van der Waals surface area (Å²) in [6.45, 7) is 0.625. The van der Waals surface area contributed by atoms with Crippen LogP contribution in [0, 0.1) is 3.95 Å². The topological polar surface area (TPSA) is 46.9 Å². The Hall–Kier alpha value is -2.26. The van der Waals surface area contributed by atoms with Crippen molar-refractivity contribution in [3.05, 3.63) is 92.1 Å². The van der Waals surface area contributed by atoms with Crippen LogP contribution in [0.25, 0.3) is 5.69 Å². The lowest BCUT2D eigenvalue weighted by molar-refractivity contribution is 0.0954. The SMILES string of the molecule is O=C(NCCc1cccs1)c1ccc(-n2nc(SCc3ccccc3)sc2=S)cc1. The van der Waals surface area contributed by atoms with E-state index in [2.05, 4.69) is 28.6 Å². The van der Waals surface area contributed by atoms with E-state index in [9.17, 15) is 4.79 Å². The second-order valence-electron chi connectivity index (χ2n) is 6.45. The molecule has 0 fully saturated rings. The van der Waals surface area contributed by atoms with E-state index in [-0.39, 0.29) is 5.91 Å². The van der Waals surface area contributed by atoms with Gasteiger partial charge in [0.15, 0.2) is 8.29 Å². The van der Waals surface area contributed by atoms with Crippen LogP contribution in [-0.2, 0) is 12.2 Å². The zero-order chi connectivity index (χ0) is 20.8. The molecule has 2 heterocycles. The van der Waals surface area contributed by atoms with Gasteiger partial charge in [0.2, 0.25) is 0 Å². The summed E-state index contributed by atoms with van der Waals surface area (Å²) in [5, 5.41) is 9.66. The van der Waals surface area contributed by atoms with Crippen molar-refractivity contribution in [2.75, 3.05) is 6.54 Å². The summed E-state index contributed by atoms with van der Waals surface area (Å²) in [6, 6.07) is 21.8. The van der Waals surface area contributed by atoms with Gasteiger partial charge in [-0.25, -0.2) is 4.68 Å². The van der Waals surface area contributed by atoms with E-state index in [0.717, 1.165) is 22.2 Å². The molecule has 0 saturated heterocycles. The highest BCUT2D eigenvalue weighted by atomic mass is 32.2. The number of thioether (sulfide) groups is 1. The second kappa shape index (κ2) is 10.2. The van der Waals surface area contributed by atoms with Crippen molar-refractivity contribution in [2.24, 2.45) is 0 Å². The maximum absolute atomic E-state index is 12.4. The van der Waals surface area contributed by atoms with Crippen LogP contribution in [0.4, 0.5) is 0 Å². The van der Waals surface area contributed by atoms with Crippen molar-refractivity contribution < 1.29 is 4.79 Å². The summed E-state index contributed by atoms with van der Waals surface area (Å²) >= 11 is 10.4. The highest BCUT2D eigenvalue weighted by Gasteiger charge is 2.09. The number of nitrogens with one attached hydrogen (secondary N) is 1. The first-order chi connectivity index (χ1) is 14.7. The minimum Gasteiger partial charge on any atom is -0.352 e. The average molecular weight is 470 g/mol.